The molecule has 1 aromatic heterocycles. The van der Waals surface area contributed by atoms with E-state index in [1.807, 2.05) is 74.5 Å². The van der Waals surface area contributed by atoms with E-state index in [9.17, 15) is 23.1 Å². The molecule has 0 saturated carbocycles. The lowest BCUT2D eigenvalue weighted by molar-refractivity contribution is 0.0873. The van der Waals surface area contributed by atoms with Crippen LogP contribution in [0, 0.1) is 5.92 Å². The number of nitrogens with one attached hydrogen (secondary N) is 3. The average Bonchev–Trinajstić information content (AvgIpc) is 3.41. The number of anilines is 1. The number of imidazole rings is 1. The van der Waals surface area contributed by atoms with Crippen LogP contribution in [-0.4, -0.2) is 72.3 Å². The molecule has 3 aromatic carbocycles. The fraction of sp³-hybridized carbons (Fsp3) is 0.323. The number of hydrogen-bond donors (Lipinski definition) is 4. The summed E-state index contributed by atoms with van der Waals surface area (Å²) in [5, 5.41) is 16.6. The summed E-state index contributed by atoms with van der Waals surface area (Å²) in [5.74, 6) is 0.0323. The lowest BCUT2D eigenvalue weighted by atomic mass is 10.0. The van der Waals surface area contributed by atoms with Gasteiger partial charge in [0, 0.05) is 13.1 Å². The maximum atomic E-state index is 13.9. The van der Waals surface area contributed by atoms with E-state index in [-0.39, 0.29) is 42.9 Å². The molecule has 0 aliphatic rings. The molecule has 2 atom stereocenters. The van der Waals surface area contributed by atoms with Crippen molar-refractivity contribution in [2.24, 2.45) is 5.92 Å². The van der Waals surface area contributed by atoms with Crippen molar-refractivity contribution in [3.8, 4) is 0 Å². The number of ether oxygens (including phenoxy) is 2. The zero-order valence-corrected chi connectivity index (χ0v) is 25.6. The number of amides is 2. The van der Waals surface area contributed by atoms with E-state index in [0.29, 0.717) is 11.0 Å². The van der Waals surface area contributed by atoms with Crippen LogP contribution in [0.15, 0.2) is 83.8 Å². The third-order valence-corrected chi connectivity index (χ3v) is 8.56. The molecule has 0 aliphatic carbocycles. The van der Waals surface area contributed by atoms with Gasteiger partial charge in [0.2, 0.25) is 16.0 Å². The highest BCUT2D eigenvalue weighted by molar-refractivity contribution is 7.89. The summed E-state index contributed by atoms with van der Waals surface area (Å²) in [4.78, 5) is 31.4. The first-order chi connectivity index (χ1) is 21.0. The highest BCUT2D eigenvalue weighted by Crippen LogP contribution is 2.24. The van der Waals surface area contributed by atoms with Gasteiger partial charge in [-0.1, -0.05) is 74.5 Å². The van der Waals surface area contributed by atoms with E-state index in [1.165, 1.54) is 29.6 Å². The van der Waals surface area contributed by atoms with Gasteiger partial charge in [-0.2, -0.15) is 4.31 Å². The molecule has 2 amide bonds. The Morgan fingerprint density at radius 2 is 1.61 bits per heavy atom. The Balaban J connectivity index is 1.55. The molecule has 4 aromatic rings. The average molecular weight is 624 g/mol. The van der Waals surface area contributed by atoms with Crippen LogP contribution in [0.2, 0.25) is 0 Å². The highest BCUT2D eigenvalue weighted by atomic mass is 32.2. The van der Waals surface area contributed by atoms with Crippen LogP contribution >= 0.6 is 0 Å². The fourth-order valence-corrected chi connectivity index (χ4v) is 6.23. The quantitative estimate of drug-likeness (QED) is 0.171. The van der Waals surface area contributed by atoms with Gasteiger partial charge in [0.15, 0.2) is 0 Å². The van der Waals surface area contributed by atoms with Crippen molar-refractivity contribution < 1.29 is 32.6 Å². The molecule has 44 heavy (non-hydrogen) atoms. The van der Waals surface area contributed by atoms with Crippen molar-refractivity contribution >= 4 is 39.2 Å². The molecule has 13 heteroatoms. The van der Waals surface area contributed by atoms with Crippen LogP contribution in [-0.2, 0) is 32.5 Å². The van der Waals surface area contributed by atoms with Gasteiger partial charge in [-0.05, 0) is 41.7 Å². The van der Waals surface area contributed by atoms with Crippen molar-refractivity contribution in [2.75, 3.05) is 25.5 Å². The minimum atomic E-state index is -4.11. The maximum Gasteiger partial charge on any atom is 0.413 e. The second-order valence-electron chi connectivity index (χ2n) is 10.7. The monoisotopic (exact) mass is 623 g/mol. The molecule has 1 unspecified atom stereocenters. The van der Waals surface area contributed by atoms with Crippen LogP contribution in [0.4, 0.5) is 15.5 Å². The molecular formula is C31H37N5O7S. The van der Waals surface area contributed by atoms with Gasteiger partial charge in [0.25, 0.3) is 0 Å². The second kappa shape index (κ2) is 14.8. The molecule has 0 radical (unpaired) electrons. The Morgan fingerprint density at radius 1 is 0.955 bits per heavy atom. The van der Waals surface area contributed by atoms with E-state index in [4.69, 9.17) is 4.74 Å². The summed E-state index contributed by atoms with van der Waals surface area (Å²) in [6.07, 6.45) is -2.49. The van der Waals surface area contributed by atoms with E-state index in [1.54, 1.807) is 0 Å². The van der Waals surface area contributed by atoms with E-state index >= 15 is 0 Å². The number of sulfonamides is 1. The number of rotatable bonds is 13. The SMILES string of the molecule is COC(=O)Nc1nc2ccc(S(=O)(=O)N(CC(C)C)C[C@@H](O)C(Cc3ccccc3)NC(=O)OCc3ccccc3)cc2[nH]1. The van der Waals surface area contributed by atoms with Crippen molar-refractivity contribution in [3.63, 3.8) is 0 Å². The summed E-state index contributed by atoms with van der Waals surface area (Å²) in [7, 11) is -2.90. The Labute approximate surface area is 256 Å². The highest BCUT2D eigenvalue weighted by Gasteiger charge is 2.32. The normalized spacial score (nSPS) is 13.0. The van der Waals surface area contributed by atoms with Gasteiger partial charge in [-0.3, -0.25) is 5.32 Å². The van der Waals surface area contributed by atoms with Gasteiger partial charge in [0.05, 0.1) is 35.2 Å². The lowest BCUT2D eigenvalue weighted by Crippen LogP contribution is -2.51. The number of benzene rings is 3. The number of aliphatic hydroxyl groups excluding tert-OH is 1. The summed E-state index contributed by atoms with van der Waals surface area (Å²) in [6, 6.07) is 22.0. The fourth-order valence-electron chi connectivity index (χ4n) is 4.59. The molecule has 0 fully saturated rings. The number of aliphatic hydroxyl groups is 1. The summed E-state index contributed by atoms with van der Waals surface area (Å²) < 4.78 is 39.0. The smallest absolute Gasteiger partial charge is 0.413 e. The molecule has 0 aliphatic heterocycles. The van der Waals surface area contributed by atoms with Crippen LogP contribution in [0.25, 0.3) is 11.0 Å². The number of aromatic amines is 1. The number of H-pyrrole nitrogens is 1. The Kier molecular flexibility index (Phi) is 10.9. The van der Waals surface area contributed by atoms with E-state index in [2.05, 4.69) is 25.3 Å². The number of methoxy groups -OCH3 is 1. The number of carbonyl (C=O) groups excluding carboxylic acids is 2. The molecule has 0 bridgehead atoms. The summed E-state index contributed by atoms with van der Waals surface area (Å²) in [6.45, 7) is 3.62. The van der Waals surface area contributed by atoms with Crippen molar-refractivity contribution in [1.82, 2.24) is 19.6 Å². The first-order valence-corrected chi connectivity index (χ1v) is 15.5. The minimum Gasteiger partial charge on any atom is -0.453 e. The predicted molar refractivity (Wildman–Crippen MR) is 165 cm³/mol. The largest absolute Gasteiger partial charge is 0.453 e. The molecular weight excluding hydrogens is 586 g/mol. The number of alkyl carbamates (subject to hydrolysis) is 1. The molecule has 234 valence electrons. The van der Waals surface area contributed by atoms with Gasteiger partial charge >= 0.3 is 12.2 Å². The molecule has 0 spiro atoms. The number of carbonyl (C=O) groups is 2. The molecule has 1 heterocycles. The minimum absolute atomic E-state index is 0.0269. The molecule has 12 nitrogen and oxygen atoms in total. The second-order valence-corrected chi connectivity index (χ2v) is 12.6. The van der Waals surface area contributed by atoms with Gasteiger partial charge in [0.1, 0.15) is 6.61 Å². The summed E-state index contributed by atoms with van der Waals surface area (Å²) >= 11 is 0. The van der Waals surface area contributed by atoms with Crippen molar-refractivity contribution in [2.45, 2.75) is 43.9 Å². The number of hydrogen-bond acceptors (Lipinski definition) is 8. The first kappa shape index (κ1) is 32.5. The van der Waals surface area contributed by atoms with Gasteiger partial charge in [-0.15, -0.1) is 0 Å². The number of fused-ring (bicyclic) bond motifs is 1. The zero-order valence-electron chi connectivity index (χ0n) is 24.8. The van der Waals surface area contributed by atoms with Crippen LogP contribution < -0.4 is 10.6 Å². The number of aromatic nitrogens is 2. The zero-order chi connectivity index (χ0) is 31.7. The topological polar surface area (TPSA) is 163 Å². The lowest BCUT2D eigenvalue weighted by Gasteiger charge is -2.30. The van der Waals surface area contributed by atoms with Crippen LogP contribution in [0.1, 0.15) is 25.0 Å². The van der Waals surface area contributed by atoms with Crippen molar-refractivity contribution in [3.05, 3.63) is 90.0 Å². The molecule has 0 saturated heterocycles. The van der Waals surface area contributed by atoms with Crippen molar-refractivity contribution in [1.29, 1.82) is 0 Å². The number of nitrogens with zero attached hydrogens (tertiary/aromatic N) is 2. The maximum absolute atomic E-state index is 13.9. The van der Waals surface area contributed by atoms with E-state index < -0.39 is 34.4 Å². The molecule has 4 N–H and O–H groups in total. The van der Waals surface area contributed by atoms with E-state index in [0.717, 1.165) is 11.1 Å². The summed E-state index contributed by atoms with van der Waals surface area (Å²) in [5.41, 5.74) is 2.47. The van der Waals surface area contributed by atoms with Gasteiger partial charge < -0.3 is 24.9 Å². The third-order valence-electron chi connectivity index (χ3n) is 6.74. The predicted octanol–water partition coefficient (Wildman–Crippen LogP) is 4.29. The Morgan fingerprint density at radius 3 is 2.25 bits per heavy atom. The Bertz CT molecular complexity index is 1650. The third kappa shape index (κ3) is 8.78. The van der Waals surface area contributed by atoms with Crippen LogP contribution in [0.5, 0.6) is 0 Å². The Hall–Kier alpha value is -4.46. The van der Waals surface area contributed by atoms with Crippen LogP contribution in [0.3, 0.4) is 0 Å². The molecule has 4 rings (SSSR count). The standard InChI is InChI=1S/C31H37N5O7S/c1-21(2)18-36(44(40,41)24-14-15-25-26(17-24)33-29(32-25)35-30(38)42-3)19-28(37)27(16-22-10-6-4-7-11-22)34-31(39)43-20-23-12-8-5-9-13-23/h4-15,17,21,27-28,37H,16,18-20H2,1-3H3,(H,34,39)(H2,32,33,35,38)/t27?,28-/m1/s1. The first-order valence-electron chi connectivity index (χ1n) is 14.1. The van der Waals surface area contributed by atoms with Gasteiger partial charge in [-0.25, -0.2) is 23.0 Å².